The number of nitrogens with one attached hydrogen (secondary N) is 3. The van der Waals surface area contributed by atoms with Crippen LogP contribution in [0.4, 0.5) is 5.69 Å². The van der Waals surface area contributed by atoms with Crippen molar-refractivity contribution in [1.29, 1.82) is 0 Å². The lowest BCUT2D eigenvalue weighted by molar-refractivity contribution is -0.862. The molecule has 5 nitrogen and oxygen atoms in total. The van der Waals surface area contributed by atoms with Crippen LogP contribution in [0.15, 0.2) is 12.1 Å². The van der Waals surface area contributed by atoms with Gasteiger partial charge in [0.1, 0.15) is 0 Å². The van der Waals surface area contributed by atoms with E-state index in [1.54, 1.807) is 0 Å². The fraction of sp³-hybridized carbons (Fsp3) is 0.636. The minimum absolute atomic E-state index is 0.0361. The van der Waals surface area contributed by atoms with E-state index in [2.05, 4.69) is 43.5 Å². The predicted molar refractivity (Wildman–Crippen MR) is 110 cm³/mol. The molecule has 1 aliphatic carbocycles. The van der Waals surface area contributed by atoms with Crippen LogP contribution in [-0.2, 0) is 9.59 Å². The molecule has 4 atom stereocenters. The van der Waals surface area contributed by atoms with Gasteiger partial charge in [-0.2, -0.15) is 0 Å². The zero-order chi connectivity index (χ0) is 20.1. The summed E-state index contributed by atoms with van der Waals surface area (Å²) in [5.41, 5.74) is 4.20. The first-order valence-electron chi connectivity index (χ1n) is 10.2. The molecule has 3 N–H and O–H groups in total. The van der Waals surface area contributed by atoms with E-state index in [-0.39, 0.29) is 24.4 Å². The minimum atomic E-state index is -0.0602. The predicted octanol–water partition coefficient (Wildman–Crippen LogP) is 2.01. The number of amides is 2. The maximum atomic E-state index is 12.4. The Kier molecular flexibility index (Phi) is 7.42. The van der Waals surface area contributed by atoms with E-state index < -0.39 is 0 Å². The summed E-state index contributed by atoms with van der Waals surface area (Å²) in [6.07, 6.45) is 3.48. The van der Waals surface area contributed by atoms with Crippen LogP contribution in [0.5, 0.6) is 0 Å². The zero-order valence-corrected chi connectivity index (χ0v) is 17.7. The van der Waals surface area contributed by atoms with Crippen molar-refractivity contribution in [1.82, 2.24) is 5.32 Å². The fourth-order valence-corrected chi connectivity index (χ4v) is 4.22. The molecule has 0 aliphatic heterocycles. The lowest BCUT2D eigenvalue weighted by Crippen LogP contribution is -3.11. The highest BCUT2D eigenvalue weighted by atomic mass is 16.2. The highest BCUT2D eigenvalue weighted by Gasteiger charge is 2.28. The average Bonchev–Trinajstić information content (AvgIpc) is 2.55. The first kappa shape index (κ1) is 21.4. The second kappa shape index (κ2) is 9.36. The standard InChI is InChI=1S/C22H35N3O2/c1-14-10-16(3)22(17(4)11-14)24-21(27)13-25(6)12-20(26)23-19-9-7-8-15(2)18(19)5/h10-11,15,18-19H,7-9,12-13H2,1-6H3,(H,23,26)(H,24,27)/p+1/t15-,18-,19+/m0/s1. The number of carbonyl (C=O) groups is 2. The Bertz CT molecular complexity index is 663. The SMILES string of the molecule is Cc1cc(C)c(NC(=O)C[NH+](C)CC(=O)N[C@@H]2CCC[C@H](C)[C@@H]2C)c(C)c1. The van der Waals surface area contributed by atoms with E-state index in [0.717, 1.165) is 28.1 Å². The number of aryl methyl sites for hydroxylation is 3. The second-order valence-electron chi connectivity index (χ2n) is 8.57. The van der Waals surface area contributed by atoms with Crippen LogP contribution in [0.3, 0.4) is 0 Å². The lowest BCUT2D eigenvalue weighted by atomic mass is 9.78. The van der Waals surface area contributed by atoms with E-state index in [0.29, 0.717) is 18.4 Å². The van der Waals surface area contributed by atoms with E-state index in [1.807, 2.05) is 20.9 Å². The summed E-state index contributed by atoms with van der Waals surface area (Å²) in [7, 11) is 1.89. The van der Waals surface area contributed by atoms with Crippen molar-refractivity contribution in [2.45, 2.75) is 59.9 Å². The van der Waals surface area contributed by atoms with Gasteiger partial charge in [0, 0.05) is 11.7 Å². The molecule has 27 heavy (non-hydrogen) atoms. The summed E-state index contributed by atoms with van der Waals surface area (Å²) < 4.78 is 0. The normalized spacial score (nSPS) is 23.6. The first-order chi connectivity index (χ1) is 12.7. The van der Waals surface area contributed by atoms with Gasteiger partial charge in [0.25, 0.3) is 11.8 Å². The molecule has 1 aliphatic rings. The number of anilines is 1. The molecule has 0 saturated heterocycles. The van der Waals surface area contributed by atoms with Crippen molar-refractivity contribution in [3.63, 3.8) is 0 Å². The zero-order valence-electron chi connectivity index (χ0n) is 17.7. The van der Waals surface area contributed by atoms with Gasteiger partial charge in [-0.25, -0.2) is 0 Å². The molecule has 1 aromatic carbocycles. The molecular formula is C22H36N3O2+. The summed E-state index contributed by atoms with van der Waals surface area (Å²) in [4.78, 5) is 25.7. The molecule has 1 aromatic rings. The van der Waals surface area contributed by atoms with Gasteiger partial charge in [-0.15, -0.1) is 0 Å². The molecule has 1 unspecified atom stereocenters. The van der Waals surface area contributed by atoms with Crippen molar-refractivity contribution in [2.75, 3.05) is 25.5 Å². The number of carbonyl (C=O) groups excluding carboxylic acids is 2. The van der Waals surface area contributed by atoms with Crippen molar-refractivity contribution >= 4 is 17.5 Å². The van der Waals surface area contributed by atoms with Crippen LogP contribution in [0.1, 0.15) is 49.8 Å². The Morgan fingerprint density at radius 3 is 2.26 bits per heavy atom. The van der Waals surface area contributed by atoms with Crippen LogP contribution < -0.4 is 15.5 Å². The highest BCUT2D eigenvalue weighted by molar-refractivity contribution is 5.93. The van der Waals surface area contributed by atoms with Gasteiger partial charge in [0.2, 0.25) is 0 Å². The van der Waals surface area contributed by atoms with Crippen LogP contribution in [0.25, 0.3) is 0 Å². The molecule has 5 heteroatoms. The van der Waals surface area contributed by atoms with E-state index in [9.17, 15) is 9.59 Å². The van der Waals surface area contributed by atoms with E-state index in [1.165, 1.54) is 18.4 Å². The molecule has 0 bridgehead atoms. The monoisotopic (exact) mass is 374 g/mol. The van der Waals surface area contributed by atoms with Gasteiger partial charge in [-0.3, -0.25) is 9.59 Å². The highest BCUT2D eigenvalue weighted by Crippen LogP contribution is 2.29. The second-order valence-corrected chi connectivity index (χ2v) is 8.57. The van der Waals surface area contributed by atoms with Gasteiger partial charge < -0.3 is 15.5 Å². The Labute approximate surface area is 163 Å². The third kappa shape index (κ3) is 6.06. The van der Waals surface area contributed by atoms with Crippen LogP contribution in [0, 0.1) is 32.6 Å². The summed E-state index contributed by atoms with van der Waals surface area (Å²) in [6, 6.07) is 4.40. The van der Waals surface area contributed by atoms with Crippen molar-refractivity contribution in [3.8, 4) is 0 Å². The molecule has 1 fully saturated rings. The number of benzene rings is 1. The van der Waals surface area contributed by atoms with Crippen molar-refractivity contribution in [3.05, 3.63) is 28.8 Å². The van der Waals surface area contributed by atoms with E-state index >= 15 is 0 Å². The largest absolute Gasteiger partial charge is 0.348 e. The van der Waals surface area contributed by atoms with Gasteiger partial charge in [0.05, 0.1) is 7.05 Å². The average molecular weight is 375 g/mol. The molecule has 0 heterocycles. The third-order valence-electron chi connectivity index (χ3n) is 5.92. The first-order valence-corrected chi connectivity index (χ1v) is 10.2. The number of likely N-dealkylation sites (N-methyl/N-ethyl adjacent to an activating group) is 1. The Balaban J connectivity index is 1.83. The topological polar surface area (TPSA) is 62.6 Å². The fourth-order valence-electron chi connectivity index (χ4n) is 4.22. The number of hydrogen-bond donors (Lipinski definition) is 3. The van der Waals surface area contributed by atoms with Crippen LogP contribution in [0.2, 0.25) is 0 Å². The Morgan fingerprint density at radius 1 is 1.04 bits per heavy atom. The summed E-state index contributed by atoms with van der Waals surface area (Å²) >= 11 is 0. The number of quaternary nitrogens is 1. The molecule has 2 amide bonds. The maximum Gasteiger partial charge on any atom is 0.279 e. The van der Waals surface area contributed by atoms with Crippen LogP contribution in [-0.4, -0.2) is 38.0 Å². The molecule has 150 valence electrons. The summed E-state index contributed by atoms with van der Waals surface area (Å²) in [5, 5.41) is 6.20. The maximum absolute atomic E-state index is 12.4. The van der Waals surface area contributed by atoms with Gasteiger partial charge >= 0.3 is 0 Å². The molecule has 0 radical (unpaired) electrons. The molecular weight excluding hydrogens is 338 g/mol. The molecule has 1 saturated carbocycles. The lowest BCUT2D eigenvalue weighted by Gasteiger charge is -2.34. The van der Waals surface area contributed by atoms with Gasteiger partial charge in [-0.1, -0.05) is 44.4 Å². The molecule has 2 rings (SSSR count). The summed E-state index contributed by atoms with van der Waals surface area (Å²) in [5.74, 6) is 1.14. The number of hydrogen-bond acceptors (Lipinski definition) is 2. The van der Waals surface area contributed by atoms with Crippen LogP contribution >= 0.6 is 0 Å². The minimum Gasteiger partial charge on any atom is -0.348 e. The quantitative estimate of drug-likeness (QED) is 0.713. The molecule has 0 aromatic heterocycles. The molecule has 0 spiro atoms. The third-order valence-corrected chi connectivity index (χ3v) is 5.92. The van der Waals surface area contributed by atoms with Gasteiger partial charge in [0.15, 0.2) is 13.1 Å². The Hall–Kier alpha value is -1.88. The Morgan fingerprint density at radius 2 is 1.63 bits per heavy atom. The smallest absolute Gasteiger partial charge is 0.279 e. The van der Waals surface area contributed by atoms with Gasteiger partial charge in [-0.05, 0) is 50.2 Å². The van der Waals surface area contributed by atoms with Crippen molar-refractivity contribution < 1.29 is 14.5 Å². The van der Waals surface area contributed by atoms with Crippen molar-refractivity contribution in [2.24, 2.45) is 11.8 Å². The number of rotatable bonds is 6. The summed E-state index contributed by atoms with van der Waals surface area (Å²) in [6.45, 7) is 11.1. The van der Waals surface area contributed by atoms with E-state index in [4.69, 9.17) is 0 Å².